The minimum Gasteiger partial charge on any atom is -0.504 e. The average molecular weight is 606 g/mol. The minimum absolute atomic E-state index is 0.0394. The molecule has 2 N–H and O–H groups in total. The van der Waals surface area contributed by atoms with Crippen molar-refractivity contribution in [3.05, 3.63) is 58.8 Å². The van der Waals surface area contributed by atoms with E-state index < -0.39 is 6.10 Å². The predicted molar refractivity (Wildman–Crippen MR) is 173 cm³/mol. The number of Topliss-reactive ketones (excluding diaryl/α,β-unsaturated/α-hetero) is 2. The fraction of sp³-hybridized carbons (Fsp3) is 0.514. The molecule has 3 rings (SSSR count). The Kier molecular flexibility index (Phi) is 14.1. The van der Waals surface area contributed by atoms with E-state index in [1.165, 1.54) is 30.7 Å². The number of hydrogen-bond donors (Lipinski definition) is 2. The molecule has 1 aliphatic rings. The monoisotopic (exact) mass is 605 g/mol. The molecule has 238 valence electrons. The number of hydrogen-bond acceptors (Lipinski definition) is 9. The van der Waals surface area contributed by atoms with Gasteiger partial charge in [0, 0.05) is 45.1 Å². The molecule has 1 aromatic carbocycles. The van der Waals surface area contributed by atoms with Crippen LogP contribution in [0.25, 0.3) is 0 Å². The third kappa shape index (κ3) is 11.9. The number of aliphatic imine (C=N–C) groups is 1. The van der Waals surface area contributed by atoms with Gasteiger partial charge < -0.3 is 19.9 Å². The third-order valence-electron chi connectivity index (χ3n) is 8.01. The van der Waals surface area contributed by atoms with Crippen molar-refractivity contribution in [3.8, 4) is 11.5 Å². The number of esters is 1. The molecule has 0 saturated heterocycles. The van der Waals surface area contributed by atoms with Crippen LogP contribution in [0.4, 0.5) is 5.82 Å². The van der Waals surface area contributed by atoms with Crippen LogP contribution in [0.5, 0.6) is 11.5 Å². The highest BCUT2D eigenvalue weighted by Gasteiger charge is 2.21. The molecule has 2 heterocycles. The lowest BCUT2D eigenvalue weighted by atomic mass is 9.88. The van der Waals surface area contributed by atoms with Gasteiger partial charge in [-0.1, -0.05) is 19.4 Å². The molecule has 0 amide bonds. The number of benzene rings is 1. The summed E-state index contributed by atoms with van der Waals surface area (Å²) in [6, 6.07) is 9.15. The summed E-state index contributed by atoms with van der Waals surface area (Å²) in [6.07, 6.45) is 10.0. The summed E-state index contributed by atoms with van der Waals surface area (Å²) >= 11 is 0. The van der Waals surface area contributed by atoms with Gasteiger partial charge in [0.15, 0.2) is 11.5 Å². The van der Waals surface area contributed by atoms with E-state index in [-0.39, 0.29) is 29.7 Å². The van der Waals surface area contributed by atoms with E-state index in [1.54, 1.807) is 31.3 Å². The van der Waals surface area contributed by atoms with E-state index in [0.717, 1.165) is 50.0 Å². The molecule has 0 fully saturated rings. The van der Waals surface area contributed by atoms with Crippen LogP contribution < -0.4 is 10.1 Å². The van der Waals surface area contributed by atoms with E-state index in [0.29, 0.717) is 43.9 Å². The van der Waals surface area contributed by atoms with E-state index in [1.807, 2.05) is 18.3 Å². The first-order valence-corrected chi connectivity index (χ1v) is 15.6. The molecule has 9 nitrogen and oxygen atoms in total. The van der Waals surface area contributed by atoms with E-state index in [2.05, 4.69) is 22.2 Å². The molecular weight excluding hydrogens is 558 g/mol. The van der Waals surface area contributed by atoms with Gasteiger partial charge in [-0.3, -0.25) is 19.4 Å². The highest BCUT2D eigenvalue weighted by molar-refractivity contribution is 5.82. The van der Waals surface area contributed by atoms with Gasteiger partial charge in [-0.25, -0.2) is 4.98 Å². The van der Waals surface area contributed by atoms with Crippen LogP contribution in [0.3, 0.4) is 0 Å². The van der Waals surface area contributed by atoms with Gasteiger partial charge in [0.2, 0.25) is 0 Å². The number of ether oxygens (including phenoxy) is 2. The second-order valence-electron chi connectivity index (χ2n) is 11.6. The Bertz CT molecular complexity index is 1340. The van der Waals surface area contributed by atoms with Crippen molar-refractivity contribution in [2.24, 2.45) is 10.9 Å². The molecule has 2 aromatic rings. The van der Waals surface area contributed by atoms with Crippen molar-refractivity contribution < 1.29 is 29.0 Å². The quantitative estimate of drug-likeness (QED) is 0.170. The summed E-state index contributed by atoms with van der Waals surface area (Å²) < 4.78 is 10.7. The lowest BCUT2D eigenvalue weighted by Gasteiger charge is -2.21. The molecular formula is C35H47N3O6. The molecule has 0 bridgehead atoms. The second-order valence-corrected chi connectivity index (χ2v) is 11.6. The summed E-state index contributed by atoms with van der Waals surface area (Å²) in [4.78, 5) is 44.8. The van der Waals surface area contributed by atoms with Gasteiger partial charge in [-0.05, 0) is 97.9 Å². The minimum atomic E-state index is -0.445. The Morgan fingerprint density at radius 3 is 2.55 bits per heavy atom. The molecule has 0 spiro atoms. The number of allylic oxidation sites excluding steroid dienone is 1. The number of nitrogens with one attached hydrogen (secondary N) is 1. The Labute approximate surface area is 261 Å². The number of carbonyl (C=O) groups is 3. The van der Waals surface area contributed by atoms with Crippen molar-refractivity contribution in [1.29, 1.82) is 0 Å². The van der Waals surface area contributed by atoms with Gasteiger partial charge in [-0.2, -0.15) is 0 Å². The number of aryl methyl sites for hydroxylation is 2. The van der Waals surface area contributed by atoms with Crippen molar-refractivity contribution in [1.82, 2.24) is 4.98 Å². The maximum atomic E-state index is 12.8. The fourth-order valence-corrected chi connectivity index (χ4v) is 5.42. The summed E-state index contributed by atoms with van der Waals surface area (Å²) in [5, 5.41) is 13.0. The Balaban J connectivity index is 1.51. The summed E-state index contributed by atoms with van der Waals surface area (Å²) in [5.74, 6) is 1.43. The molecule has 0 radical (unpaired) electrons. The lowest BCUT2D eigenvalue weighted by molar-refractivity contribution is -0.148. The summed E-state index contributed by atoms with van der Waals surface area (Å²) in [7, 11) is 1.49. The van der Waals surface area contributed by atoms with E-state index in [9.17, 15) is 19.5 Å². The lowest BCUT2D eigenvalue weighted by Crippen LogP contribution is -2.22. The highest BCUT2D eigenvalue weighted by Crippen LogP contribution is 2.29. The summed E-state index contributed by atoms with van der Waals surface area (Å²) in [5.41, 5.74) is 4.73. The van der Waals surface area contributed by atoms with Crippen LogP contribution in [-0.4, -0.2) is 60.1 Å². The molecule has 44 heavy (non-hydrogen) atoms. The maximum absolute atomic E-state index is 12.8. The second kappa shape index (κ2) is 18.0. The number of phenols is 1. The predicted octanol–water partition coefficient (Wildman–Crippen LogP) is 6.22. The van der Waals surface area contributed by atoms with Crippen molar-refractivity contribution in [2.45, 2.75) is 91.1 Å². The molecule has 0 saturated carbocycles. The smallest absolute Gasteiger partial charge is 0.302 e. The van der Waals surface area contributed by atoms with Crippen molar-refractivity contribution in [2.75, 3.05) is 25.5 Å². The number of methoxy groups -OCH3 is 1. The van der Waals surface area contributed by atoms with Gasteiger partial charge in [0.1, 0.15) is 23.5 Å². The van der Waals surface area contributed by atoms with Crippen LogP contribution in [0.1, 0.15) is 83.3 Å². The number of phenolic OH excluding ortho intramolecular Hbond substituents is 1. The number of ketones is 2. The van der Waals surface area contributed by atoms with Gasteiger partial charge in [0.05, 0.1) is 13.7 Å². The number of rotatable bonds is 20. The molecule has 2 atom stereocenters. The van der Waals surface area contributed by atoms with Crippen LogP contribution in [0, 0.1) is 5.92 Å². The van der Waals surface area contributed by atoms with E-state index in [4.69, 9.17) is 9.47 Å². The van der Waals surface area contributed by atoms with Crippen LogP contribution in [0.15, 0.2) is 52.7 Å². The Morgan fingerprint density at radius 2 is 1.82 bits per heavy atom. The molecule has 1 aromatic heterocycles. The Hall–Kier alpha value is -4.01. The van der Waals surface area contributed by atoms with Crippen molar-refractivity contribution >= 4 is 29.6 Å². The van der Waals surface area contributed by atoms with Gasteiger partial charge >= 0.3 is 5.97 Å². The Morgan fingerprint density at radius 1 is 1.02 bits per heavy atom. The molecule has 0 aliphatic carbocycles. The SMILES string of the molecule is CC[C@H](CC[C@H](CC(=O)CCc1ccc(O)c(OC)c1)OC(C)=O)CC1=C(CCc2ccnc(NCCC(C)=O)c2)CN=C1. The number of nitrogens with zero attached hydrogens (tertiary/aromatic N) is 2. The topological polar surface area (TPSA) is 127 Å². The number of aromatic nitrogens is 1. The molecule has 1 aliphatic heterocycles. The van der Waals surface area contributed by atoms with Crippen LogP contribution in [-0.2, 0) is 32.0 Å². The number of pyridine rings is 1. The number of carbonyl (C=O) groups excluding carboxylic acids is 3. The third-order valence-corrected chi connectivity index (χ3v) is 8.01. The van der Waals surface area contributed by atoms with Crippen LogP contribution >= 0.6 is 0 Å². The largest absolute Gasteiger partial charge is 0.504 e. The molecule has 0 unspecified atom stereocenters. The zero-order valence-electron chi connectivity index (χ0n) is 26.6. The first kappa shape index (κ1) is 34.5. The first-order valence-electron chi connectivity index (χ1n) is 15.6. The normalized spacial score (nSPS) is 13.9. The maximum Gasteiger partial charge on any atom is 0.302 e. The fourth-order valence-electron chi connectivity index (χ4n) is 5.42. The van der Waals surface area contributed by atoms with Gasteiger partial charge in [0.25, 0.3) is 0 Å². The van der Waals surface area contributed by atoms with E-state index >= 15 is 0 Å². The van der Waals surface area contributed by atoms with Crippen LogP contribution in [0.2, 0.25) is 0 Å². The molecule has 9 heteroatoms. The van der Waals surface area contributed by atoms with Crippen molar-refractivity contribution in [3.63, 3.8) is 0 Å². The highest BCUT2D eigenvalue weighted by atomic mass is 16.5. The first-order chi connectivity index (χ1) is 21.2. The summed E-state index contributed by atoms with van der Waals surface area (Å²) in [6.45, 7) is 6.45. The standard InChI is InChI=1S/C35H47N3O6/c1-5-26(8-12-32(44-25(3)40)21-31(41)11-7-27-9-13-33(42)34(19-27)43-4)18-30-23-36-22-29(30)10-6-28-15-17-38-35(20-28)37-16-14-24(2)39/h9,13,15,17,19-20,23,26,32,42H,5-8,10-12,14,16,18,21-22H2,1-4H3,(H,37,38)/t26-,32-/m1/s1. The zero-order chi connectivity index (χ0) is 31.9. The number of aromatic hydroxyl groups is 1. The van der Waals surface area contributed by atoms with Gasteiger partial charge in [-0.15, -0.1) is 0 Å². The average Bonchev–Trinajstić information content (AvgIpc) is 3.44. The number of anilines is 1. The zero-order valence-corrected chi connectivity index (χ0v) is 26.6.